The molecule has 0 saturated carbocycles. The Labute approximate surface area is 145 Å². The minimum absolute atomic E-state index is 0.0216. The minimum Gasteiger partial charge on any atom is -0.495 e. The van der Waals surface area contributed by atoms with E-state index >= 15 is 0 Å². The number of aryl methyl sites for hydroxylation is 1. The third kappa shape index (κ3) is 4.18. The second-order valence-electron chi connectivity index (χ2n) is 5.14. The lowest BCUT2D eigenvalue weighted by Crippen LogP contribution is -2.14. The van der Waals surface area contributed by atoms with E-state index in [1.807, 2.05) is 6.92 Å². The van der Waals surface area contributed by atoms with E-state index in [1.54, 1.807) is 18.2 Å². The van der Waals surface area contributed by atoms with Gasteiger partial charge in [0.25, 0.3) is 10.0 Å². The van der Waals surface area contributed by atoms with Crippen molar-refractivity contribution in [3.05, 3.63) is 47.0 Å². The predicted octanol–water partition coefficient (Wildman–Crippen LogP) is 3.42. The Bertz CT molecular complexity index is 882. The Balaban J connectivity index is 2.37. The van der Waals surface area contributed by atoms with Crippen LogP contribution in [0.3, 0.4) is 0 Å². The molecular weight excluding hydrogens is 352 g/mol. The SMILES string of the molecule is COc1ccc(NS(=O)(=O)c2ccc(C)cc2Cl)cc1NC(C)=O. The molecule has 0 spiro atoms. The van der Waals surface area contributed by atoms with Gasteiger partial charge in [-0.15, -0.1) is 0 Å². The van der Waals surface area contributed by atoms with E-state index in [4.69, 9.17) is 16.3 Å². The molecular formula is C16H17ClN2O4S. The fourth-order valence-corrected chi connectivity index (χ4v) is 3.74. The zero-order valence-electron chi connectivity index (χ0n) is 13.4. The molecule has 2 aromatic carbocycles. The molecule has 0 fully saturated rings. The van der Waals surface area contributed by atoms with Crippen LogP contribution < -0.4 is 14.8 Å². The number of benzene rings is 2. The maximum absolute atomic E-state index is 12.5. The van der Waals surface area contributed by atoms with Gasteiger partial charge < -0.3 is 10.1 Å². The van der Waals surface area contributed by atoms with Crippen LogP contribution in [0.15, 0.2) is 41.3 Å². The Morgan fingerprint density at radius 1 is 1.17 bits per heavy atom. The molecule has 0 aromatic heterocycles. The van der Waals surface area contributed by atoms with E-state index in [9.17, 15) is 13.2 Å². The average molecular weight is 369 g/mol. The van der Waals surface area contributed by atoms with Gasteiger partial charge in [0, 0.05) is 6.92 Å². The van der Waals surface area contributed by atoms with Crippen LogP contribution in [0.4, 0.5) is 11.4 Å². The van der Waals surface area contributed by atoms with Gasteiger partial charge in [-0.25, -0.2) is 8.42 Å². The summed E-state index contributed by atoms with van der Waals surface area (Å²) in [5.74, 6) is 0.122. The van der Waals surface area contributed by atoms with E-state index in [0.29, 0.717) is 11.4 Å². The first-order valence-corrected chi connectivity index (χ1v) is 8.83. The molecule has 0 aliphatic heterocycles. The molecule has 0 aliphatic rings. The second kappa shape index (κ2) is 7.11. The van der Waals surface area contributed by atoms with Crippen molar-refractivity contribution < 1.29 is 17.9 Å². The molecule has 0 aliphatic carbocycles. The van der Waals surface area contributed by atoms with Crippen molar-refractivity contribution in [2.75, 3.05) is 17.1 Å². The highest BCUT2D eigenvalue weighted by Crippen LogP contribution is 2.30. The number of carbonyl (C=O) groups excluding carboxylic acids is 1. The van der Waals surface area contributed by atoms with Crippen LogP contribution in [-0.4, -0.2) is 21.4 Å². The largest absolute Gasteiger partial charge is 0.495 e. The van der Waals surface area contributed by atoms with Crippen molar-refractivity contribution in [1.29, 1.82) is 0 Å². The van der Waals surface area contributed by atoms with Crippen LogP contribution in [-0.2, 0) is 14.8 Å². The van der Waals surface area contributed by atoms with Gasteiger partial charge in [0.15, 0.2) is 0 Å². The number of sulfonamides is 1. The molecule has 8 heteroatoms. The standard InChI is InChI=1S/C16H17ClN2O4S/c1-10-4-7-16(13(17)8-10)24(21,22)19-12-5-6-15(23-3)14(9-12)18-11(2)20/h4-9,19H,1-3H3,(H,18,20). The molecule has 2 N–H and O–H groups in total. The number of hydrogen-bond acceptors (Lipinski definition) is 4. The molecule has 128 valence electrons. The molecule has 24 heavy (non-hydrogen) atoms. The van der Waals surface area contributed by atoms with E-state index in [2.05, 4.69) is 10.0 Å². The first-order valence-electron chi connectivity index (χ1n) is 6.97. The van der Waals surface area contributed by atoms with Crippen LogP contribution in [0.5, 0.6) is 5.75 Å². The predicted molar refractivity (Wildman–Crippen MR) is 94.3 cm³/mol. The topological polar surface area (TPSA) is 84.5 Å². The van der Waals surface area contributed by atoms with Crippen LogP contribution in [0.25, 0.3) is 0 Å². The first-order chi connectivity index (χ1) is 11.2. The Hall–Kier alpha value is -2.25. The van der Waals surface area contributed by atoms with Crippen molar-refractivity contribution >= 4 is 38.9 Å². The molecule has 2 rings (SSSR count). The third-order valence-corrected chi connectivity index (χ3v) is 5.00. The number of carbonyl (C=O) groups is 1. The van der Waals surface area contributed by atoms with Gasteiger partial charge >= 0.3 is 0 Å². The van der Waals surface area contributed by atoms with E-state index in [-0.39, 0.29) is 21.5 Å². The fourth-order valence-electron chi connectivity index (χ4n) is 2.09. The first kappa shape index (κ1) is 18.1. The normalized spacial score (nSPS) is 11.0. The molecule has 0 saturated heterocycles. The van der Waals surface area contributed by atoms with Gasteiger partial charge in [-0.2, -0.15) is 0 Å². The zero-order chi connectivity index (χ0) is 17.9. The van der Waals surface area contributed by atoms with Crippen LogP contribution in [0.1, 0.15) is 12.5 Å². The quantitative estimate of drug-likeness (QED) is 0.846. The van der Waals surface area contributed by atoms with Crippen molar-refractivity contribution in [3.63, 3.8) is 0 Å². The Morgan fingerprint density at radius 2 is 1.88 bits per heavy atom. The van der Waals surface area contributed by atoms with Crippen molar-refractivity contribution in [2.45, 2.75) is 18.7 Å². The summed E-state index contributed by atoms with van der Waals surface area (Å²) < 4.78 is 32.6. The second-order valence-corrected chi connectivity index (χ2v) is 7.19. The Kier molecular flexibility index (Phi) is 5.36. The summed E-state index contributed by atoms with van der Waals surface area (Å²) in [6.45, 7) is 3.17. The molecule has 6 nitrogen and oxygen atoms in total. The molecule has 2 aromatic rings. The molecule has 0 unspecified atom stereocenters. The highest BCUT2D eigenvalue weighted by atomic mass is 35.5. The van der Waals surface area contributed by atoms with Gasteiger partial charge in [0.1, 0.15) is 10.6 Å². The van der Waals surface area contributed by atoms with E-state index < -0.39 is 10.0 Å². The van der Waals surface area contributed by atoms with Crippen LogP contribution >= 0.6 is 11.6 Å². The summed E-state index contributed by atoms with van der Waals surface area (Å²) in [5.41, 5.74) is 1.49. The van der Waals surface area contributed by atoms with Gasteiger partial charge in [-0.1, -0.05) is 17.7 Å². The van der Waals surface area contributed by atoms with Crippen molar-refractivity contribution in [1.82, 2.24) is 0 Å². The lowest BCUT2D eigenvalue weighted by Gasteiger charge is -2.13. The van der Waals surface area contributed by atoms with Gasteiger partial charge in [0.2, 0.25) is 5.91 Å². The molecule has 0 heterocycles. The molecule has 0 atom stereocenters. The number of methoxy groups -OCH3 is 1. The smallest absolute Gasteiger partial charge is 0.263 e. The maximum atomic E-state index is 12.5. The third-order valence-electron chi connectivity index (χ3n) is 3.14. The molecule has 0 bridgehead atoms. The van der Waals surface area contributed by atoms with Crippen molar-refractivity contribution in [3.8, 4) is 5.75 Å². The molecule has 1 amide bonds. The number of halogens is 1. The monoisotopic (exact) mass is 368 g/mol. The summed E-state index contributed by atoms with van der Waals surface area (Å²) in [7, 11) is -2.41. The summed E-state index contributed by atoms with van der Waals surface area (Å²) in [4.78, 5) is 11.2. The number of nitrogens with one attached hydrogen (secondary N) is 2. The average Bonchev–Trinajstić information content (AvgIpc) is 2.46. The minimum atomic E-state index is -3.86. The highest BCUT2D eigenvalue weighted by molar-refractivity contribution is 7.92. The number of anilines is 2. The summed E-state index contributed by atoms with van der Waals surface area (Å²) in [5, 5.41) is 2.72. The van der Waals surface area contributed by atoms with E-state index in [1.165, 1.54) is 32.2 Å². The summed E-state index contributed by atoms with van der Waals surface area (Å²) >= 11 is 6.03. The van der Waals surface area contributed by atoms with Gasteiger partial charge in [0.05, 0.1) is 23.5 Å². The summed E-state index contributed by atoms with van der Waals surface area (Å²) in [6, 6.07) is 9.24. The number of rotatable bonds is 5. The lowest BCUT2D eigenvalue weighted by molar-refractivity contribution is -0.114. The van der Waals surface area contributed by atoms with Gasteiger partial charge in [-0.05, 0) is 42.8 Å². The fraction of sp³-hybridized carbons (Fsp3) is 0.188. The highest BCUT2D eigenvalue weighted by Gasteiger charge is 2.19. The Morgan fingerprint density at radius 3 is 2.46 bits per heavy atom. The van der Waals surface area contributed by atoms with Crippen LogP contribution in [0, 0.1) is 6.92 Å². The summed E-state index contributed by atoms with van der Waals surface area (Å²) in [6.07, 6.45) is 0. The number of hydrogen-bond donors (Lipinski definition) is 2. The zero-order valence-corrected chi connectivity index (χ0v) is 15.0. The number of amides is 1. The van der Waals surface area contributed by atoms with Crippen molar-refractivity contribution in [2.24, 2.45) is 0 Å². The number of ether oxygens (including phenoxy) is 1. The van der Waals surface area contributed by atoms with Crippen LogP contribution in [0.2, 0.25) is 5.02 Å². The van der Waals surface area contributed by atoms with E-state index in [0.717, 1.165) is 5.56 Å². The molecule has 0 radical (unpaired) electrons. The van der Waals surface area contributed by atoms with Gasteiger partial charge in [-0.3, -0.25) is 9.52 Å². The lowest BCUT2D eigenvalue weighted by atomic mass is 10.2. The maximum Gasteiger partial charge on any atom is 0.263 e.